The number of benzene rings is 1. The second-order valence-corrected chi connectivity index (χ2v) is 3.58. The number of carboxylic acids is 1. The predicted molar refractivity (Wildman–Crippen MR) is 59.4 cm³/mol. The molecule has 8 heteroatoms. The van der Waals surface area contributed by atoms with Gasteiger partial charge in [0.15, 0.2) is 0 Å². The van der Waals surface area contributed by atoms with Crippen molar-refractivity contribution in [3.63, 3.8) is 0 Å². The van der Waals surface area contributed by atoms with E-state index in [1.165, 1.54) is 6.92 Å². The van der Waals surface area contributed by atoms with Crippen LogP contribution >= 0.6 is 0 Å². The van der Waals surface area contributed by atoms with E-state index in [-0.39, 0.29) is 22.6 Å². The summed E-state index contributed by atoms with van der Waals surface area (Å²) in [5, 5.41) is 10.5. The summed E-state index contributed by atoms with van der Waals surface area (Å²) >= 11 is 0. The number of halogens is 3. The Kier molecular flexibility index (Phi) is 4.03. The molecule has 0 unspecified atom stereocenters. The number of aromatic carboxylic acids is 1. The van der Waals surface area contributed by atoms with Crippen LogP contribution in [0.2, 0.25) is 0 Å². The van der Waals surface area contributed by atoms with Crippen LogP contribution in [-0.2, 0) is 4.79 Å². The summed E-state index contributed by atoms with van der Waals surface area (Å²) in [5.74, 6) is -3.53. The summed E-state index contributed by atoms with van der Waals surface area (Å²) in [6.07, 6.45) is -5.04. The first-order valence-electron chi connectivity index (χ1n) is 4.97. The maximum Gasteiger partial charge on any atom is 0.471 e. The molecule has 0 heterocycles. The lowest BCUT2D eigenvalue weighted by molar-refractivity contribution is -0.167. The molecule has 0 spiro atoms. The van der Waals surface area contributed by atoms with Gasteiger partial charge in [0, 0.05) is 5.56 Å². The number of rotatable bonds is 3. The molecule has 0 radical (unpaired) electrons. The third-order valence-electron chi connectivity index (χ3n) is 2.35. The maximum absolute atomic E-state index is 12.1. The fourth-order valence-electron chi connectivity index (χ4n) is 1.48. The fourth-order valence-corrected chi connectivity index (χ4v) is 1.48. The lowest BCUT2D eigenvalue weighted by atomic mass is 10.1. The second-order valence-electron chi connectivity index (χ2n) is 3.58. The van der Waals surface area contributed by atoms with Gasteiger partial charge in [0.1, 0.15) is 5.75 Å². The zero-order valence-corrected chi connectivity index (χ0v) is 9.96. The van der Waals surface area contributed by atoms with Gasteiger partial charge in [0.2, 0.25) is 0 Å². The van der Waals surface area contributed by atoms with E-state index in [2.05, 4.69) is 0 Å². The zero-order chi connectivity index (χ0) is 14.8. The molecule has 0 atom stereocenters. The molecule has 104 valence electrons. The molecular formula is C11H10F3NO4. The lowest BCUT2D eigenvalue weighted by Crippen LogP contribution is -2.30. The summed E-state index contributed by atoms with van der Waals surface area (Å²) < 4.78 is 41.2. The molecule has 0 aliphatic carbocycles. The molecule has 1 aromatic carbocycles. The standard InChI is InChI=1S/C11H10F3NO4/c1-5-6(9(16)17)3-4-7(8(5)19-2)15-10(18)11(12,13)14/h3-4H,1-2H3,(H,15,18)(H,16,17). The molecule has 0 saturated carbocycles. The van der Waals surface area contributed by atoms with E-state index >= 15 is 0 Å². The number of amides is 1. The van der Waals surface area contributed by atoms with Crippen molar-refractivity contribution in [3.8, 4) is 5.75 Å². The van der Waals surface area contributed by atoms with E-state index in [0.29, 0.717) is 0 Å². The number of ether oxygens (including phenoxy) is 1. The lowest BCUT2D eigenvalue weighted by Gasteiger charge is -2.15. The van der Waals surface area contributed by atoms with Crippen LogP contribution in [0.25, 0.3) is 0 Å². The van der Waals surface area contributed by atoms with Crippen LogP contribution in [0.1, 0.15) is 15.9 Å². The monoisotopic (exact) mass is 277 g/mol. The molecule has 0 fully saturated rings. The van der Waals surface area contributed by atoms with Gasteiger partial charge in [-0.3, -0.25) is 4.79 Å². The molecule has 0 saturated heterocycles. The highest BCUT2D eigenvalue weighted by atomic mass is 19.4. The number of carbonyl (C=O) groups is 2. The van der Waals surface area contributed by atoms with Crippen LogP contribution in [0.4, 0.5) is 18.9 Å². The fraction of sp³-hybridized carbons (Fsp3) is 0.273. The van der Waals surface area contributed by atoms with Crippen LogP contribution in [0.15, 0.2) is 12.1 Å². The highest BCUT2D eigenvalue weighted by molar-refractivity contribution is 5.98. The van der Waals surface area contributed by atoms with Gasteiger partial charge in [0.25, 0.3) is 0 Å². The molecule has 19 heavy (non-hydrogen) atoms. The topological polar surface area (TPSA) is 75.6 Å². The molecule has 1 amide bonds. The first kappa shape index (κ1) is 14.8. The number of nitrogens with one attached hydrogen (secondary N) is 1. The number of methoxy groups -OCH3 is 1. The van der Waals surface area contributed by atoms with Gasteiger partial charge in [-0.25, -0.2) is 4.79 Å². The minimum atomic E-state index is -5.04. The van der Waals surface area contributed by atoms with Crippen molar-refractivity contribution in [1.82, 2.24) is 0 Å². The quantitative estimate of drug-likeness (QED) is 0.888. The Bertz CT molecular complexity index is 525. The SMILES string of the molecule is COc1c(NC(=O)C(F)(F)F)ccc(C(=O)O)c1C. The highest BCUT2D eigenvalue weighted by Crippen LogP contribution is 2.32. The molecule has 1 aromatic rings. The van der Waals surface area contributed by atoms with E-state index in [1.54, 1.807) is 5.32 Å². The molecule has 0 aliphatic rings. The van der Waals surface area contributed by atoms with E-state index in [9.17, 15) is 22.8 Å². The normalized spacial score (nSPS) is 11.0. The van der Waals surface area contributed by atoms with E-state index in [1.807, 2.05) is 0 Å². The van der Waals surface area contributed by atoms with Crippen molar-refractivity contribution in [2.24, 2.45) is 0 Å². The van der Waals surface area contributed by atoms with E-state index < -0.39 is 18.1 Å². The molecule has 0 bridgehead atoms. The van der Waals surface area contributed by atoms with Gasteiger partial charge in [-0.15, -0.1) is 0 Å². The van der Waals surface area contributed by atoms with Gasteiger partial charge < -0.3 is 15.2 Å². The Hall–Kier alpha value is -2.25. The van der Waals surface area contributed by atoms with Gasteiger partial charge in [-0.05, 0) is 19.1 Å². The average molecular weight is 277 g/mol. The Balaban J connectivity index is 3.20. The van der Waals surface area contributed by atoms with Crippen molar-refractivity contribution >= 4 is 17.6 Å². The van der Waals surface area contributed by atoms with Gasteiger partial charge in [-0.1, -0.05) is 0 Å². The second kappa shape index (κ2) is 5.17. The summed E-state index contributed by atoms with van der Waals surface area (Å²) in [7, 11) is 1.16. The third kappa shape index (κ3) is 3.15. The minimum Gasteiger partial charge on any atom is -0.494 e. The number of alkyl halides is 3. The van der Waals surface area contributed by atoms with Crippen molar-refractivity contribution in [2.45, 2.75) is 13.1 Å². The van der Waals surface area contributed by atoms with E-state index in [0.717, 1.165) is 19.2 Å². The molecule has 2 N–H and O–H groups in total. The first-order chi connectivity index (χ1) is 8.68. The van der Waals surface area contributed by atoms with Crippen LogP contribution in [0, 0.1) is 6.92 Å². The van der Waals surface area contributed by atoms with Crippen molar-refractivity contribution in [2.75, 3.05) is 12.4 Å². The maximum atomic E-state index is 12.1. The van der Waals surface area contributed by atoms with Gasteiger partial charge >= 0.3 is 18.1 Å². The molecular weight excluding hydrogens is 267 g/mol. The molecule has 1 rings (SSSR count). The summed E-state index contributed by atoms with van der Waals surface area (Å²) in [6, 6.07) is 2.13. The first-order valence-corrected chi connectivity index (χ1v) is 4.97. The minimum absolute atomic E-state index is 0.120. The smallest absolute Gasteiger partial charge is 0.471 e. The van der Waals surface area contributed by atoms with Gasteiger partial charge in [0.05, 0.1) is 18.4 Å². The number of carbonyl (C=O) groups excluding carboxylic acids is 1. The van der Waals surface area contributed by atoms with Gasteiger partial charge in [-0.2, -0.15) is 13.2 Å². The van der Waals surface area contributed by atoms with Crippen molar-refractivity contribution in [1.29, 1.82) is 0 Å². The Morgan fingerprint density at radius 3 is 2.32 bits per heavy atom. The summed E-state index contributed by atoms with van der Waals surface area (Å²) in [6.45, 7) is 1.37. The van der Waals surface area contributed by atoms with Crippen molar-refractivity contribution in [3.05, 3.63) is 23.3 Å². The van der Waals surface area contributed by atoms with Crippen LogP contribution in [0.5, 0.6) is 5.75 Å². The molecule has 0 aromatic heterocycles. The van der Waals surface area contributed by atoms with Crippen LogP contribution < -0.4 is 10.1 Å². The molecule has 0 aliphatic heterocycles. The van der Waals surface area contributed by atoms with Crippen LogP contribution in [-0.4, -0.2) is 30.3 Å². The predicted octanol–water partition coefficient (Wildman–Crippen LogP) is 2.20. The number of anilines is 1. The zero-order valence-electron chi connectivity index (χ0n) is 9.96. The molecule has 5 nitrogen and oxygen atoms in total. The summed E-state index contributed by atoms with van der Waals surface area (Å²) in [5.41, 5.74) is -0.246. The Morgan fingerprint density at radius 2 is 1.89 bits per heavy atom. The van der Waals surface area contributed by atoms with E-state index in [4.69, 9.17) is 9.84 Å². The highest BCUT2D eigenvalue weighted by Gasteiger charge is 2.39. The number of hydrogen-bond acceptors (Lipinski definition) is 3. The third-order valence-corrected chi connectivity index (χ3v) is 2.35. The Morgan fingerprint density at radius 1 is 1.32 bits per heavy atom. The number of hydrogen-bond donors (Lipinski definition) is 2. The number of carboxylic acid groups (broad SMARTS) is 1. The van der Waals surface area contributed by atoms with Crippen LogP contribution in [0.3, 0.4) is 0 Å². The summed E-state index contributed by atoms with van der Waals surface area (Å²) in [4.78, 5) is 21.7. The Labute approximate surface area is 106 Å². The largest absolute Gasteiger partial charge is 0.494 e. The van der Waals surface area contributed by atoms with Crippen molar-refractivity contribution < 1.29 is 32.6 Å². The average Bonchev–Trinajstić information content (AvgIpc) is 2.27.